The number of nitrogens with one attached hydrogen (secondary N) is 2. The molecule has 0 saturated carbocycles. The minimum absolute atomic E-state index is 0.0313. The normalized spacial score (nSPS) is 26.2. The lowest BCUT2D eigenvalue weighted by Gasteiger charge is -2.34. The summed E-state index contributed by atoms with van der Waals surface area (Å²) in [5, 5.41) is 3.33. The highest BCUT2D eigenvalue weighted by Gasteiger charge is 2.29. The molecule has 2 N–H and O–H groups in total. The first kappa shape index (κ1) is 15.7. The molecule has 2 saturated heterocycles. The molecule has 2 rings (SSSR count). The molecule has 0 aromatic heterocycles. The molecular formula is C13H25N3O3S. The largest absolute Gasteiger partial charge is 0.341 e. The number of hydrogen-bond donors (Lipinski definition) is 2. The van der Waals surface area contributed by atoms with Crippen molar-refractivity contribution in [1.82, 2.24) is 14.9 Å². The minimum Gasteiger partial charge on any atom is -0.341 e. The van der Waals surface area contributed by atoms with Gasteiger partial charge in [0, 0.05) is 19.1 Å². The van der Waals surface area contributed by atoms with Crippen LogP contribution in [0.15, 0.2) is 0 Å². The summed E-state index contributed by atoms with van der Waals surface area (Å²) >= 11 is 0. The number of likely N-dealkylation sites (tertiary alicyclic amines) is 1. The Kier molecular flexibility index (Phi) is 5.40. The number of amides is 1. The Morgan fingerprint density at radius 2 is 1.85 bits per heavy atom. The summed E-state index contributed by atoms with van der Waals surface area (Å²) in [6, 6.07) is -0.0759. The van der Waals surface area contributed by atoms with Crippen LogP contribution in [0.25, 0.3) is 0 Å². The predicted molar refractivity (Wildman–Crippen MR) is 77.8 cm³/mol. The third-order valence-corrected chi connectivity index (χ3v) is 4.81. The maximum atomic E-state index is 12.4. The Labute approximate surface area is 121 Å². The molecular weight excluding hydrogens is 278 g/mol. The fraction of sp³-hybridized carbons (Fsp3) is 0.923. The van der Waals surface area contributed by atoms with Crippen molar-refractivity contribution in [3.63, 3.8) is 0 Å². The van der Waals surface area contributed by atoms with Gasteiger partial charge in [-0.05, 0) is 32.2 Å². The fourth-order valence-corrected chi connectivity index (χ4v) is 3.82. The number of rotatable bonds is 3. The summed E-state index contributed by atoms with van der Waals surface area (Å²) in [5.74, 6) is 0.185. The van der Waals surface area contributed by atoms with Crippen molar-refractivity contribution in [3.05, 3.63) is 0 Å². The standard InChI is InChI=1S/C13H25N3O3S/c1-20(18,19)15-11-6-9-16(10-7-11)13(17)12-5-3-2-4-8-14-12/h11-12,14-15H,2-10H2,1H3. The second-order valence-corrected chi connectivity index (χ2v) is 7.63. The molecule has 2 heterocycles. The van der Waals surface area contributed by atoms with Crippen molar-refractivity contribution < 1.29 is 13.2 Å². The van der Waals surface area contributed by atoms with Gasteiger partial charge in [-0.25, -0.2) is 13.1 Å². The SMILES string of the molecule is CS(=O)(=O)NC1CCN(C(=O)C2CCCCCN2)CC1. The number of carbonyl (C=O) groups excluding carboxylic acids is 1. The van der Waals surface area contributed by atoms with Crippen LogP contribution in [0.1, 0.15) is 38.5 Å². The maximum absolute atomic E-state index is 12.4. The van der Waals surface area contributed by atoms with Gasteiger partial charge in [0.25, 0.3) is 0 Å². The van der Waals surface area contributed by atoms with Crippen LogP contribution in [0.5, 0.6) is 0 Å². The third kappa shape index (κ3) is 4.71. The topological polar surface area (TPSA) is 78.5 Å². The lowest BCUT2D eigenvalue weighted by atomic mass is 10.0. The van der Waals surface area contributed by atoms with Crippen molar-refractivity contribution in [1.29, 1.82) is 0 Å². The average Bonchev–Trinajstić information content (AvgIpc) is 2.66. The quantitative estimate of drug-likeness (QED) is 0.773. The van der Waals surface area contributed by atoms with Crippen molar-refractivity contribution in [3.8, 4) is 0 Å². The van der Waals surface area contributed by atoms with E-state index in [9.17, 15) is 13.2 Å². The zero-order chi connectivity index (χ0) is 14.6. The first-order valence-electron chi connectivity index (χ1n) is 7.45. The number of carbonyl (C=O) groups is 1. The lowest BCUT2D eigenvalue weighted by molar-refractivity contribution is -0.134. The maximum Gasteiger partial charge on any atom is 0.239 e. The molecule has 1 atom stereocenters. The second kappa shape index (κ2) is 6.87. The second-order valence-electron chi connectivity index (χ2n) is 5.85. The fourth-order valence-electron chi connectivity index (χ4n) is 2.98. The number of sulfonamides is 1. The van der Waals surface area contributed by atoms with Crippen LogP contribution in [0.4, 0.5) is 0 Å². The summed E-state index contributed by atoms with van der Waals surface area (Å²) in [5.41, 5.74) is 0. The van der Waals surface area contributed by atoms with Gasteiger partial charge >= 0.3 is 0 Å². The summed E-state index contributed by atoms with van der Waals surface area (Å²) < 4.78 is 25.0. The predicted octanol–water partition coefficient (Wildman–Crippen LogP) is 0.0588. The van der Waals surface area contributed by atoms with E-state index in [0.29, 0.717) is 25.9 Å². The molecule has 0 aromatic carbocycles. The highest BCUT2D eigenvalue weighted by atomic mass is 32.2. The Bertz CT molecular complexity index is 422. The molecule has 2 aliphatic heterocycles. The van der Waals surface area contributed by atoms with Gasteiger partial charge in [0.1, 0.15) is 0 Å². The van der Waals surface area contributed by atoms with Crippen LogP contribution in [-0.2, 0) is 14.8 Å². The minimum atomic E-state index is -3.15. The van der Waals surface area contributed by atoms with Gasteiger partial charge in [-0.2, -0.15) is 0 Å². The van der Waals surface area contributed by atoms with E-state index in [1.807, 2.05) is 4.90 Å². The van der Waals surface area contributed by atoms with E-state index in [2.05, 4.69) is 10.0 Å². The van der Waals surface area contributed by atoms with Crippen LogP contribution in [0.2, 0.25) is 0 Å². The molecule has 0 aliphatic carbocycles. The molecule has 1 amide bonds. The van der Waals surface area contributed by atoms with Gasteiger partial charge in [0.05, 0.1) is 12.3 Å². The summed E-state index contributed by atoms with van der Waals surface area (Å²) in [6.07, 6.45) is 6.94. The van der Waals surface area contributed by atoms with Crippen molar-refractivity contribution >= 4 is 15.9 Å². The molecule has 2 aliphatic rings. The molecule has 6 nitrogen and oxygen atoms in total. The van der Waals surface area contributed by atoms with Gasteiger partial charge in [0.2, 0.25) is 15.9 Å². The number of piperidine rings is 1. The highest BCUT2D eigenvalue weighted by molar-refractivity contribution is 7.88. The zero-order valence-electron chi connectivity index (χ0n) is 12.1. The Morgan fingerprint density at radius 3 is 2.50 bits per heavy atom. The van der Waals surface area contributed by atoms with Crippen LogP contribution < -0.4 is 10.0 Å². The molecule has 0 spiro atoms. The molecule has 116 valence electrons. The van der Waals surface area contributed by atoms with E-state index in [0.717, 1.165) is 25.8 Å². The Hall–Kier alpha value is -0.660. The number of hydrogen-bond acceptors (Lipinski definition) is 4. The molecule has 2 fully saturated rings. The summed E-state index contributed by atoms with van der Waals surface area (Å²) in [6.45, 7) is 2.21. The van der Waals surface area contributed by atoms with Gasteiger partial charge in [0.15, 0.2) is 0 Å². The summed E-state index contributed by atoms with van der Waals surface area (Å²) in [4.78, 5) is 14.3. The van der Waals surface area contributed by atoms with Crippen molar-refractivity contribution in [2.75, 3.05) is 25.9 Å². The van der Waals surface area contributed by atoms with Crippen LogP contribution in [0.3, 0.4) is 0 Å². The van der Waals surface area contributed by atoms with Crippen LogP contribution >= 0.6 is 0 Å². The van der Waals surface area contributed by atoms with Crippen molar-refractivity contribution in [2.24, 2.45) is 0 Å². The summed E-state index contributed by atoms with van der Waals surface area (Å²) in [7, 11) is -3.15. The zero-order valence-corrected chi connectivity index (χ0v) is 12.9. The lowest BCUT2D eigenvalue weighted by Crippen LogP contribution is -2.51. The number of nitrogens with zero attached hydrogens (tertiary/aromatic N) is 1. The van der Waals surface area contributed by atoms with E-state index in [1.165, 1.54) is 12.7 Å². The van der Waals surface area contributed by atoms with E-state index >= 15 is 0 Å². The molecule has 0 aromatic rings. The molecule has 1 unspecified atom stereocenters. The highest BCUT2D eigenvalue weighted by Crippen LogP contribution is 2.15. The van der Waals surface area contributed by atoms with E-state index < -0.39 is 10.0 Å². The molecule has 0 radical (unpaired) electrons. The Balaban J connectivity index is 1.82. The van der Waals surface area contributed by atoms with E-state index in [4.69, 9.17) is 0 Å². The van der Waals surface area contributed by atoms with E-state index in [1.54, 1.807) is 0 Å². The van der Waals surface area contributed by atoms with Gasteiger partial charge in [-0.1, -0.05) is 12.8 Å². The molecule has 7 heteroatoms. The van der Waals surface area contributed by atoms with Crippen LogP contribution in [0, 0.1) is 0 Å². The molecule has 20 heavy (non-hydrogen) atoms. The van der Waals surface area contributed by atoms with Crippen LogP contribution in [-0.4, -0.2) is 57.2 Å². The molecule has 0 bridgehead atoms. The monoisotopic (exact) mass is 303 g/mol. The van der Waals surface area contributed by atoms with Gasteiger partial charge in [-0.15, -0.1) is 0 Å². The Morgan fingerprint density at radius 1 is 1.15 bits per heavy atom. The van der Waals surface area contributed by atoms with E-state index in [-0.39, 0.29) is 18.0 Å². The van der Waals surface area contributed by atoms with Gasteiger partial charge < -0.3 is 10.2 Å². The first-order valence-corrected chi connectivity index (χ1v) is 9.34. The van der Waals surface area contributed by atoms with Gasteiger partial charge in [-0.3, -0.25) is 4.79 Å². The smallest absolute Gasteiger partial charge is 0.239 e. The third-order valence-electron chi connectivity index (χ3n) is 4.05. The van der Waals surface area contributed by atoms with Crippen molar-refractivity contribution in [2.45, 2.75) is 50.6 Å². The average molecular weight is 303 g/mol. The first-order chi connectivity index (χ1) is 9.46.